The second kappa shape index (κ2) is 5.11. The van der Waals surface area contributed by atoms with Crippen LogP contribution in [-0.4, -0.2) is 27.7 Å². The third kappa shape index (κ3) is 2.94. The van der Waals surface area contributed by atoms with E-state index in [1.807, 2.05) is 0 Å². The topological polar surface area (TPSA) is 92.3 Å². The summed E-state index contributed by atoms with van der Waals surface area (Å²) in [4.78, 5) is 28.8. The van der Waals surface area contributed by atoms with Gasteiger partial charge in [-0.2, -0.15) is 0 Å². The first-order valence-corrected chi connectivity index (χ1v) is 4.68. The Morgan fingerprint density at radius 2 is 2.38 bits per heavy atom. The van der Waals surface area contributed by atoms with Crippen molar-refractivity contribution in [3.63, 3.8) is 0 Å². The molecule has 0 saturated carbocycles. The van der Waals surface area contributed by atoms with Gasteiger partial charge in [0.05, 0.1) is 12.4 Å². The third-order valence-electron chi connectivity index (χ3n) is 1.66. The van der Waals surface area contributed by atoms with E-state index in [0.29, 0.717) is 0 Å². The van der Waals surface area contributed by atoms with Crippen LogP contribution in [0.25, 0.3) is 6.08 Å². The number of carbonyl (C=O) groups excluding carboxylic acids is 1. The molecule has 0 radical (unpaired) electrons. The standard InChI is InChI=1S/C10H12N2O4/c1-3-16-10(15)7-5-11-8(4-6(2)13)12-9(7)14/h4-5,13H,3H2,1-2H3,(H,11,12,14)/b6-4-. The van der Waals surface area contributed by atoms with Crippen LogP contribution < -0.4 is 5.56 Å². The Hall–Kier alpha value is -2.11. The van der Waals surface area contributed by atoms with Crippen molar-refractivity contribution in [2.45, 2.75) is 13.8 Å². The molecule has 1 aromatic rings. The van der Waals surface area contributed by atoms with Gasteiger partial charge in [-0.3, -0.25) is 4.79 Å². The summed E-state index contributed by atoms with van der Waals surface area (Å²) in [6.45, 7) is 3.28. The molecule has 16 heavy (non-hydrogen) atoms. The largest absolute Gasteiger partial charge is 0.512 e. The summed E-state index contributed by atoms with van der Waals surface area (Å²) in [6, 6.07) is 0. The number of aliphatic hydroxyl groups excluding tert-OH is 1. The Bertz CT molecular complexity index is 472. The minimum Gasteiger partial charge on any atom is -0.512 e. The number of esters is 1. The highest BCUT2D eigenvalue weighted by Crippen LogP contribution is 1.98. The van der Waals surface area contributed by atoms with Crippen molar-refractivity contribution in [1.29, 1.82) is 0 Å². The van der Waals surface area contributed by atoms with Crippen LogP contribution in [0, 0.1) is 0 Å². The Morgan fingerprint density at radius 3 is 2.88 bits per heavy atom. The number of nitrogens with zero attached hydrogens (tertiary/aromatic N) is 1. The molecule has 0 aliphatic carbocycles. The first-order chi connectivity index (χ1) is 7.54. The number of carbonyl (C=O) groups is 1. The Kier molecular flexibility index (Phi) is 3.82. The Balaban J connectivity index is 3.05. The van der Waals surface area contributed by atoms with Crippen LogP contribution in [-0.2, 0) is 4.74 Å². The molecule has 0 fully saturated rings. The zero-order valence-corrected chi connectivity index (χ0v) is 8.98. The predicted molar refractivity (Wildman–Crippen MR) is 57.1 cm³/mol. The van der Waals surface area contributed by atoms with Crippen LogP contribution in [0.2, 0.25) is 0 Å². The molecule has 0 amide bonds. The lowest BCUT2D eigenvalue weighted by Gasteiger charge is -2.00. The monoisotopic (exact) mass is 224 g/mol. The molecule has 0 unspecified atom stereocenters. The lowest BCUT2D eigenvalue weighted by atomic mass is 10.3. The smallest absolute Gasteiger partial charge is 0.345 e. The molecule has 0 spiro atoms. The van der Waals surface area contributed by atoms with E-state index in [0.717, 1.165) is 6.20 Å². The Morgan fingerprint density at radius 1 is 1.69 bits per heavy atom. The van der Waals surface area contributed by atoms with Gasteiger partial charge in [-0.15, -0.1) is 0 Å². The normalized spacial score (nSPS) is 11.2. The summed E-state index contributed by atoms with van der Waals surface area (Å²) < 4.78 is 4.67. The zero-order valence-electron chi connectivity index (χ0n) is 8.98. The van der Waals surface area contributed by atoms with Crippen molar-refractivity contribution < 1.29 is 14.6 Å². The lowest BCUT2D eigenvalue weighted by molar-refractivity contribution is 0.0523. The van der Waals surface area contributed by atoms with Crippen LogP contribution in [0.3, 0.4) is 0 Å². The van der Waals surface area contributed by atoms with Gasteiger partial charge in [-0.25, -0.2) is 9.78 Å². The summed E-state index contributed by atoms with van der Waals surface area (Å²) in [5.74, 6) is -0.530. The van der Waals surface area contributed by atoms with E-state index in [4.69, 9.17) is 5.11 Å². The summed E-state index contributed by atoms with van der Waals surface area (Å²) in [7, 11) is 0. The average molecular weight is 224 g/mol. The summed E-state index contributed by atoms with van der Waals surface area (Å²) in [5.41, 5.74) is -0.754. The van der Waals surface area contributed by atoms with Crippen molar-refractivity contribution in [2.75, 3.05) is 6.61 Å². The number of aromatic nitrogens is 2. The molecule has 1 rings (SSSR count). The van der Waals surface area contributed by atoms with E-state index < -0.39 is 11.5 Å². The SMILES string of the molecule is CCOC(=O)c1cnc(/C=C(/C)O)[nH]c1=O. The Labute approximate surface area is 91.6 Å². The van der Waals surface area contributed by atoms with E-state index in [1.165, 1.54) is 13.0 Å². The fraction of sp³-hybridized carbons (Fsp3) is 0.300. The van der Waals surface area contributed by atoms with E-state index >= 15 is 0 Å². The predicted octanol–water partition coefficient (Wildman–Crippen LogP) is 0.865. The van der Waals surface area contributed by atoms with Gasteiger partial charge in [0.1, 0.15) is 11.4 Å². The molecule has 2 N–H and O–H groups in total. The molecule has 0 atom stereocenters. The van der Waals surface area contributed by atoms with Gasteiger partial charge in [0.25, 0.3) is 5.56 Å². The number of aromatic amines is 1. The molecule has 0 bridgehead atoms. The number of rotatable bonds is 3. The number of hydrogen-bond acceptors (Lipinski definition) is 5. The highest BCUT2D eigenvalue weighted by Gasteiger charge is 2.11. The molecule has 6 nitrogen and oxygen atoms in total. The van der Waals surface area contributed by atoms with Crippen LogP contribution in [0.1, 0.15) is 30.0 Å². The molecule has 86 valence electrons. The van der Waals surface area contributed by atoms with Gasteiger partial charge in [-0.1, -0.05) is 0 Å². The quantitative estimate of drug-likeness (QED) is 0.587. The number of ether oxygens (including phenoxy) is 1. The van der Waals surface area contributed by atoms with Crippen LogP contribution in [0.15, 0.2) is 16.8 Å². The van der Waals surface area contributed by atoms with Crippen molar-refractivity contribution in [3.05, 3.63) is 33.7 Å². The van der Waals surface area contributed by atoms with Crippen molar-refractivity contribution in [3.8, 4) is 0 Å². The van der Waals surface area contributed by atoms with E-state index in [1.54, 1.807) is 6.92 Å². The number of aliphatic hydroxyl groups is 1. The van der Waals surface area contributed by atoms with Crippen molar-refractivity contribution in [2.24, 2.45) is 0 Å². The maximum atomic E-state index is 11.4. The molecule has 6 heteroatoms. The van der Waals surface area contributed by atoms with Gasteiger partial charge in [0.2, 0.25) is 0 Å². The highest BCUT2D eigenvalue weighted by molar-refractivity contribution is 5.88. The lowest BCUT2D eigenvalue weighted by Crippen LogP contribution is -2.21. The average Bonchev–Trinajstić information content (AvgIpc) is 2.16. The van der Waals surface area contributed by atoms with E-state index in [9.17, 15) is 9.59 Å². The van der Waals surface area contributed by atoms with Gasteiger partial charge < -0.3 is 14.8 Å². The molecule has 1 heterocycles. The maximum Gasteiger partial charge on any atom is 0.345 e. The maximum absolute atomic E-state index is 11.4. The molecular formula is C10H12N2O4. The van der Waals surface area contributed by atoms with Crippen molar-refractivity contribution in [1.82, 2.24) is 9.97 Å². The summed E-state index contributed by atoms with van der Waals surface area (Å²) in [6.07, 6.45) is 2.39. The molecule has 0 aliphatic rings. The van der Waals surface area contributed by atoms with Crippen molar-refractivity contribution >= 4 is 12.0 Å². The van der Waals surface area contributed by atoms with Gasteiger partial charge in [-0.05, 0) is 13.8 Å². The van der Waals surface area contributed by atoms with Crippen LogP contribution in [0.4, 0.5) is 0 Å². The number of H-pyrrole nitrogens is 1. The summed E-state index contributed by atoms with van der Waals surface area (Å²) in [5, 5.41) is 8.97. The first kappa shape index (κ1) is 12.0. The minimum atomic E-state index is -0.715. The first-order valence-electron chi connectivity index (χ1n) is 4.68. The van der Waals surface area contributed by atoms with Crippen LogP contribution >= 0.6 is 0 Å². The third-order valence-corrected chi connectivity index (χ3v) is 1.66. The summed E-state index contributed by atoms with van der Waals surface area (Å²) >= 11 is 0. The van der Waals surface area contributed by atoms with Gasteiger partial charge in [0.15, 0.2) is 0 Å². The number of allylic oxidation sites excluding steroid dienone is 1. The number of hydrogen-bond donors (Lipinski definition) is 2. The van der Waals surface area contributed by atoms with E-state index in [2.05, 4.69) is 14.7 Å². The second-order valence-electron chi connectivity index (χ2n) is 3.02. The highest BCUT2D eigenvalue weighted by atomic mass is 16.5. The fourth-order valence-electron chi connectivity index (χ4n) is 1.03. The van der Waals surface area contributed by atoms with Gasteiger partial charge >= 0.3 is 5.97 Å². The zero-order chi connectivity index (χ0) is 12.1. The molecule has 0 aliphatic heterocycles. The molecule has 1 aromatic heterocycles. The van der Waals surface area contributed by atoms with Gasteiger partial charge in [0, 0.05) is 12.3 Å². The molecular weight excluding hydrogens is 212 g/mol. The van der Waals surface area contributed by atoms with E-state index in [-0.39, 0.29) is 23.8 Å². The molecule has 0 saturated heterocycles. The minimum absolute atomic E-state index is 0.00651. The number of nitrogens with one attached hydrogen (secondary N) is 1. The van der Waals surface area contributed by atoms with Crippen LogP contribution in [0.5, 0.6) is 0 Å². The fourth-order valence-corrected chi connectivity index (χ4v) is 1.03. The second-order valence-corrected chi connectivity index (χ2v) is 3.02. The molecule has 0 aromatic carbocycles.